The van der Waals surface area contributed by atoms with Crippen LogP contribution in [0.25, 0.3) is 0 Å². The molecule has 1 amide bonds. The third-order valence-electron chi connectivity index (χ3n) is 6.12. The van der Waals surface area contributed by atoms with Gasteiger partial charge in [0.15, 0.2) is 11.5 Å². The molecule has 1 saturated heterocycles. The van der Waals surface area contributed by atoms with Crippen molar-refractivity contribution in [3.63, 3.8) is 0 Å². The molecule has 1 atom stereocenters. The van der Waals surface area contributed by atoms with Gasteiger partial charge in [0.25, 0.3) is 5.91 Å². The van der Waals surface area contributed by atoms with Gasteiger partial charge in [-0.2, -0.15) is 0 Å². The van der Waals surface area contributed by atoms with E-state index in [4.69, 9.17) is 9.47 Å². The summed E-state index contributed by atoms with van der Waals surface area (Å²) in [6.45, 7) is 3.28. The van der Waals surface area contributed by atoms with Crippen molar-refractivity contribution in [1.82, 2.24) is 15.2 Å². The fraction of sp³-hybridized carbons (Fsp3) is 0.308. The van der Waals surface area contributed by atoms with Gasteiger partial charge >= 0.3 is 0 Å². The lowest BCUT2D eigenvalue weighted by Gasteiger charge is -2.40. The number of aromatic nitrogens is 1. The van der Waals surface area contributed by atoms with Crippen LogP contribution in [0.4, 0.5) is 10.1 Å². The van der Waals surface area contributed by atoms with E-state index in [2.05, 4.69) is 20.1 Å². The summed E-state index contributed by atoms with van der Waals surface area (Å²) in [6, 6.07) is 15.8. The number of hydrogen-bond donors (Lipinski definition) is 1. The Morgan fingerprint density at radius 1 is 1.03 bits per heavy atom. The molecule has 7 nitrogen and oxygen atoms in total. The number of rotatable bonds is 8. The molecular formula is C26H29FN4O3. The number of nitrogens with one attached hydrogen (secondary N) is 1. The number of anilines is 1. The quantitative estimate of drug-likeness (QED) is 0.550. The van der Waals surface area contributed by atoms with Crippen molar-refractivity contribution in [2.24, 2.45) is 0 Å². The van der Waals surface area contributed by atoms with E-state index in [1.54, 1.807) is 44.7 Å². The highest BCUT2D eigenvalue weighted by Gasteiger charge is 2.27. The molecule has 1 aliphatic rings. The summed E-state index contributed by atoms with van der Waals surface area (Å²) in [5, 5.41) is 3.06. The third kappa shape index (κ3) is 5.28. The predicted octanol–water partition coefficient (Wildman–Crippen LogP) is 3.53. The number of methoxy groups -OCH3 is 2. The van der Waals surface area contributed by atoms with Gasteiger partial charge in [0.1, 0.15) is 5.82 Å². The molecule has 0 bridgehead atoms. The maximum Gasteiger partial charge on any atom is 0.251 e. The smallest absolute Gasteiger partial charge is 0.251 e. The highest BCUT2D eigenvalue weighted by atomic mass is 19.1. The lowest BCUT2D eigenvalue weighted by atomic mass is 10.1. The number of para-hydroxylation sites is 1. The van der Waals surface area contributed by atoms with Gasteiger partial charge < -0.3 is 19.7 Å². The van der Waals surface area contributed by atoms with E-state index in [0.717, 1.165) is 18.7 Å². The molecule has 34 heavy (non-hydrogen) atoms. The van der Waals surface area contributed by atoms with E-state index in [9.17, 15) is 9.18 Å². The van der Waals surface area contributed by atoms with Gasteiger partial charge in [-0.25, -0.2) is 4.39 Å². The molecule has 1 aromatic heterocycles. The maximum absolute atomic E-state index is 14.2. The molecule has 8 heteroatoms. The van der Waals surface area contributed by atoms with Crippen LogP contribution in [-0.2, 0) is 0 Å². The van der Waals surface area contributed by atoms with Crippen molar-refractivity contribution in [3.8, 4) is 11.5 Å². The van der Waals surface area contributed by atoms with Crippen LogP contribution in [0, 0.1) is 5.82 Å². The molecule has 1 fully saturated rings. The minimum Gasteiger partial charge on any atom is -0.493 e. The van der Waals surface area contributed by atoms with Gasteiger partial charge in [-0.1, -0.05) is 18.2 Å². The Hall–Kier alpha value is -3.65. The highest BCUT2D eigenvalue weighted by Crippen LogP contribution is 2.28. The van der Waals surface area contributed by atoms with Crippen LogP contribution in [0.3, 0.4) is 0 Å². The summed E-state index contributed by atoms with van der Waals surface area (Å²) in [7, 11) is 3.10. The molecular weight excluding hydrogens is 435 g/mol. The average Bonchev–Trinajstić information content (AvgIpc) is 2.89. The van der Waals surface area contributed by atoms with Crippen molar-refractivity contribution >= 4 is 11.6 Å². The Morgan fingerprint density at radius 2 is 1.79 bits per heavy atom. The SMILES string of the molecule is COc1ccc(C(=O)NC[C@H](c2cccnc2)N2CCN(c3ccccc3F)CC2)cc1OC. The number of piperazine rings is 1. The number of benzene rings is 2. The first-order valence-corrected chi connectivity index (χ1v) is 11.2. The van der Waals surface area contributed by atoms with Crippen molar-refractivity contribution in [1.29, 1.82) is 0 Å². The fourth-order valence-corrected chi connectivity index (χ4v) is 4.28. The second-order valence-electron chi connectivity index (χ2n) is 8.06. The lowest BCUT2D eigenvalue weighted by molar-refractivity contribution is 0.0929. The van der Waals surface area contributed by atoms with Gasteiger partial charge in [-0.3, -0.25) is 14.7 Å². The molecule has 0 saturated carbocycles. The molecule has 1 aliphatic heterocycles. The monoisotopic (exact) mass is 464 g/mol. The third-order valence-corrected chi connectivity index (χ3v) is 6.12. The van der Waals surface area contributed by atoms with Gasteiger partial charge in [-0.05, 0) is 42.0 Å². The number of pyridine rings is 1. The first-order valence-electron chi connectivity index (χ1n) is 11.2. The van der Waals surface area contributed by atoms with Crippen LogP contribution < -0.4 is 19.7 Å². The molecule has 0 radical (unpaired) electrons. The van der Waals surface area contributed by atoms with Crippen molar-refractivity contribution in [3.05, 3.63) is 83.9 Å². The largest absolute Gasteiger partial charge is 0.493 e. The first kappa shape index (κ1) is 23.5. The van der Waals surface area contributed by atoms with Crippen LogP contribution in [0.2, 0.25) is 0 Å². The molecule has 2 heterocycles. The summed E-state index contributed by atoms with van der Waals surface area (Å²) >= 11 is 0. The predicted molar refractivity (Wildman–Crippen MR) is 129 cm³/mol. The van der Waals surface area contributed by atoms with E-state index in [0.29, 0.717) is 42.4 Å². The topological polar surface area (TPSA) is 66.9 Å². The molecule has 0 aliphatic carbocycles. The Balaban J connectivity index is 1.45. The van der Waals surface area contributed by atoms with Crippen LogP contribution in [-0.4, -0.2) is 62.7 Å². The molecule has 0 spiro atoms. The summed E-state index contributed by atoms with van der Waals surface area (Å²) in [5.74, 6) is 0.671. The Kier molecular flexibility index (Phi) is 7.59. The number of carbonyl (C=O) groups is 1. The molecule has 0 unspecified atom stereocenters. The first-order chi connectivity index (χ1) is 16.6. The van der Waals surface area contributed by atoms with E-state index in [1.807, 2.05) is 30.5 Å². The fourth-order valence-electron chi connectivity index (χ4n) is 4.28. The summed E-state index contributed by atoms with van der Waals surface area (Å²) in [6.07, 6.45) is 3.56. The van der Waals surface area contributed by atoms with Crippen LogP contribution in [0.1, 0.15) is 22.0 Å². The highest BCUT2D eigenvalue weighted by molar-refractivity contribution is 5.94. The standard InChI is InChI=1S/C26H29FN4O3/c1-33-24-10-9-19(16-25(24)34-2)26(32)29-18-23(20-6-5-11-28-17-20)31-14-12-30(13-15-31)22-8-4-3-7-21(22)27/h3-11,16-17,23H,12-15,18H2,1-2H3,(H,29,32)/t23-/m1/s1. The van der Waals surface area contributed by atoms with Crippen molar-refractivity contribution in [2.45, 2.75) is 6.04 Å². The number of carbonyl (C=O) groups excluding carboxylic acids is 1. The van der Waals surface area contributed by atoms with Gasteiger partial charge in [0, 0.05) is 50.7 Å². The van der Waals surface area contributed by atoms with Crippen LogP contribution >= 0.6 is 0 Å². The van der Waals surface area contributed by atoms with Crippen LogP contribution in [0.15, 0.2) is 67.0 Å². The van der Waals surface area contributed by atoms with E-state index in [1.165, 1.54) is 6.07 Å². The minimum atomic E-state index is -0.207. The molecule has 4 rings (SSSR count). The van der Waals surface area contributed by atoms with E-state index >= 15 is 0 Å². The van der Waals surface area contributed by atoms with Gasteiger partial charge in [0.2, 0.25) is 0 Å². The Bertz CT molecular complexity index is 1100. The lowest BCUT2D eigenvalue weighted by Crippen LogP contribution is -2.50. The van der Waals surface area contributed by atoms with E-state index < -0.39 is 0 Å². The molecule has 3 aromatic rings. The van der Waals surface area contributed by atoms with Gasteiger partial charge in [0.05, 0.1) is 25.9 Å². The maximum atomic E-state index is 14.2. The minimum absolute atomic E-state index is 0.0550. The zero-order valence-corrected chi connectivity index (χ0v) is 19.4. The van der Waals surface area contributed by atoms with Crippen molar-refractivity contribution < 1.29 is 18.7 Å². The Morgan fingerprint density at radius 3 is 2.47 bits per heavy atom. The number of amides is 1. The second kappa shape index (κ2) is 11.0. The number of halogens is 1. The molecule has 2 aromatic carbocycles. The summed E-state index contributed by atoms with van der Waals surface area (Å²) in [5.41, 5.74) is 2.14. The molecule has 1 N–H and O–H groups in total. The van der Waals surface area contributed by atoms with Crippen LogP contribution in [0.5, 0.6) is 11.5 Å². The van der Waals surface area contributed by atoms with E-state index in [-0.39, 0.29) is 17.8 Å². The van der Waals surface area contributed by atoms with Crippen molar-refractivity contribution in [2.75, 3.05) is 51.8 Å². The summed E-state index contributed by atoms with van der Waals surface area (Å²) < 4.78 is 24.8. The normalized spacial score (nSPS) is 15.0. The molecule has 178 valence electrons. The second-order valence-corrected chi connectivity index (χ2v) is 8.06. The Labute approximate surface area is 199 Å². The zero-order chi connectivity index (χ0) is 23.9. The zero-order valence-electron chi connectivity index (χ0n) is 19.4. The van der Waals surface area contributed by atoms with Gasteiger partial charge in [-0.15, -0.1) is 0 Å². The number of nitrogens with zero attached hydrogens (tertiary/aromatic N) is 3. The average molecular weight is 465 g/mol. The summed E-state index contributed by atoms with van der Waals surface area (Å²) in [4.78, 5) is 21.6. The number of ether oxygens (including phenoxy) is 2. The number of hydrogen-bond acceptors (Lipinski definition) is 6.